The summed E-state index contributed by atoms with van der Waals surface area (Å²) in [6, 6.07) is 7.06. The molecule has 454 valence electrons. The minimum absolute atomic E-state index is 0.00283. The number of fused-ring (bicyclic) bond motifs is 1. The summed E-state index contributed by atoms with van der Waals surface area (Å²) in [7, 11) is 0. The van der Waals surface area contributed by atoms with Crippen LogP contribution in [0.4, 0.5) is 5.82 Å². The summed E-state index contributed by atoms with van der Waals surface area (Å²) < 4.78 is 40.9. The highest BCUT2D eigenvalue weighted by Gasteiger charge is 2.44. The third-order valence-electron chi connectivity index (χ3n) is 13.7. The number of aryl methyl sites for hydroxylation is 2. The number of ketones is 1. The lowest BCUT2D eigenvalue weighted by molar-refractivity contribution is -0.146. The van der Waals surface area contributed by atoms with Gasteiger partial charge in [0, 0.05) is 57.8 Å². The molecule has 4 aromatic heterocycles. The number of pyridine rings is 1. The number of carbonyl (C=O) groups is 4. The van der Waals surface area contributed by atoms with Crippen molar-refractivity contribution in [1.82, 2.24) is 45.4 Å². The van der Waals surface area contributed by atoms with Crippen LogP contribution in [0.5, 0.6) is 5.75 Å². The number of thiazole rings is 1. The van der Waals surface area contributed by atoms with Crippen LogP contribution in [0.2, 0.25) is 0 Å². The first-order valence-corrected chi connectivity index (χ1v) is 29.5. The van der Waals surface area contributed by atoms with Gasteiger partial charge in [0.15, 0.2) is 23.1 Å². The van der Waals surface area contributed by atoms with Gasteiger partial charge in [0.05, 0.1) is 101 Å². The number of nitrogen functional groups attached to an aromatic ring is 1. The molecule has 1 aliphatic heterocycles. The van der Waals surface area contributed by atoms with Crippen molar-refractivity contribution in [2.45, 2.75) is 137 Å². The second kappa shape index (κ2) is 33.2. The van der Waals surface area contributed by atoms with Gasteiger partial charge in [0.25, 0.3) is 0 Å². The van der Waals surface area contributed by atoms with Crippen molar-refractivity contribution in [3.8, 4) is 39.5 Å². The molecule has 0 saturated carbocycles. The molecule has 3 amide bonds. The number of imidazole rings is 1. The van der Waals surface area contributed by atoms with Gasteiger partial charge in [0.2, 0.25) is 17.7 Å². The number of benzene rings is 1. The molecule has 0 bridgehead atoms. The van der Waals surface area contributed by atoms with Gasteiger partial charge in [-0.05, 0) is 73.3 Å². The standard InChI is InChI=1S/C59H84N10O13S/c1-8-68-52-48(37-62-46(19-21-59(6,7)75)50(52)65-55(68)51-54(60)67-82-66-51)81-23-13-11-9-10-12-14-49(72)61-22-25-77-27-29-79-31-33-80-32-30-78-28-26-76-24-20-43(70)34-45(58(3,4)5)57(74)69-38-44(71)35-47(69)56(73)63-36-41-15-17-42(18-16-41)53-40(2)64-39-83-53/h15-18,37,39,44-45,47,71,75H,8-14,20,22-36,38H2,1-7H3,(H2,60,67)(H,61,72)(H,63,73)/t44-,45-,47+/m1/s1. The maximum absolute atomic E-state index is 14.0. The SMILES string of the molecule is CCn1c(-c2nonc2N)nc2c(C#CC(C)(C)O)ncc(OCCCCCCCC(=O)NCCOCCOCCOCCOCCOCCC(=O)C[C@H](C(=O)N3C[C@H](O)C[C@H]3C(=O)NCc3ccc(-c4scnc4C)cc3)C(C)(C)C)c21. The predicted molar refractivity (Wildman–Crippen MR) is 312 cm³/mol. The molecule has 23 nitrogen and oxygen atoms in total. The molecule has 24 heteroatoms. The normalized spacial score (nSPS) is 14.9. The number of ether oxygens (including phenoxy) is 6. The molecule has 6 rings (SSSR count). The molecule has 1 fully saturated rings. The van der Waals surface area contributed by atoms with Crippen molar-refractivity contribution >= 4 is 51.7 Å². The van der Waals surface area contributed by atoms with Crippen LogP contribution in [0.3, 0.4) is 0 Å². The Morgan fingerprint density at radius 2 is 1.49 bits per heavy atom. The van der Waals surface area contributed by atoms with Gasteiger partial charge < -0.3 is 64.5 Å². The van der Waals surface area contributed by atoms with Crippen LogP contribution in [0.1, 0.15) is 116 Å². The second-order valence-corrected chi connectivity index (χ2v) is 22.8. The number of aliphatic hydroxyl groups is 2. The minimum Gasteiger partial charge on any atom is -0.490 e. The average molecular weight is 1170 g/mol. The summed E-state index contributed by atoms with van der Waals surface area (Å²) in [5.74, 6) is 5.34. The Balaban J connectivity index is 0.723. The first kappa shape index (κ1) is 65.7. The van der Waals surface area contributed by atoms with E-state index in [1.807, 2.05) is 69.0 Å². The average Bonchev–Trinajstić information content (AvgIpc) is 4.25. The summed E-state index contributed by atoms with van der Waals surface area (Å²) in [6.45, 7) is 18.0. The van der Waals surface area contributed by atoms with Crippen molar-refractivity contribution in [3.05, 3.63) is 52.9 Å². The van der Waals surface area contributed by atoms with Gasteiger partial charge >= 0.3 is 0 Å². The molecule has 3 atom stereocenters. The number of likely N-dealkylation sites (tertiary alicyclic amines) is 1. The highest BCUT2D eigenvalue weighted by molar-refractivity contribution is 7.13. The fourth-order valence-electron chi connectivity index (χ4n) is 9.24. The number of amides is 3. The number of aromatic nitrogens is 6. The molecule has 0 aliphatic carbocycles. The summed E-state index contributed by atoms with van der Waals surface area (Å²) in [4.78, 5) is 69.0. The monoisotopic (exact) mass is 1170 g/mol. The molecule has 0 spiro atoms. The number of Topliss-reactive ketones (excluding diaryl/α,β-unsaturated/α-hetero) is 1. The second-order valence-electron chi connectivity index (χ2n) is 21.9. The molecular weight excluding hydrogens is 1090 g/mol. The number of nitrogens with zero attached hydrogens (tertiary/aromatic N) is 7. The maximum atomic E-state index is 14.0. The molecule has 1 saturated heterocycles. The highest BCUT2D eigenvalue weighted by atomic mass is 32.1. The first-order chi connectivity index (χ1) is 39.8. The Kier molecular flexibility index (Phi) is 26.3. The third kappa shape index (κ3) is 21.0. The van der Waals surface area contributed by atoms with Crippen molar-refractivity contribution in [2.24, 2.45) is 11.3 Å². The van der Waals surface area contributed by atoms with Crippen molar-refractivity contribution in [2.75, 3.05) is 91.5 Å². The van der Waals surface area contributed by atoms with Crippen molar-refractivity contribution in [3.63, 3.8) is 0 Å². The summed E-state index contributed by atoms with van der Waals surface area (Å²) in [5.41, 5.74) is 10.8. The van der Waals surface area contributed by atoms with Crippen LogP contribution in [-0.4, -0.2) is 172 Å². The number of hydrogen-bond donors (Lipinski definition) is 5. The molecule has 5 aromatic rings. The fourth-order valence-corrected chi connectivity index (χ4v) is 10.1. The largest absolute Gasteiger partial charge is 0.490 e. The third-order valence-corrected chi connectivity index (χ3v) is 14.7. The lowest BCUT2D eigenvalue weighted by Crippen LogP contribution is -2.50. The van der Waals surface area contributed by atoms with Gasteiger partial charge in [-0.2, -0.15) is 0 Å². The van der Waals surface area contributed by atoms with E-state index >= 15 is 0 Å². The van der Waals surface area contributed by atoms with Gasteiger partial charge in [-0.15, -0.1) is 11.3 Å². The lowest BCUT2D eigenvalue weighted by atomic mass is 9.76. The number of rotatable bonds is 36. The van der Waals surface area contributed by atoms with Crippen LogP contribution in [-0.2, 0) is 56.0 Å². The Morgan fingerprint density at radius 3 is 2.11 bits per heavy atom. The molecule has 5 heterocycles. The van der Waals surface area contributed by atoms with E-state index in [2.05, 4.69) is 42.8 Å². The van der Waals surface area contributed by atoms with E-state index in [1.54, 1.807) is 31.4 Å². The molecule has 83 heavy (non-hydrogen) atoms. The number of hydrogen-bond acceptors (Lipinski definition) is 20. The molecule has 1 aliphatic rings. The zero-order valence-electron chi connectivity index (χ0n) is 49.2. The molecule has 0 unspecified atom stereocenters. The van der Waals surface area contributed by atoms with Crippen molar-refractivity contribution < 1.29 is 62.4 Å². The predicted octanol–water partition coefficient (Wildman–Crippen LogP) is 5.85. The van der Waals surface area contributed by atoms with E-state index in [0.717, 1.165) is 53.8 Å². The summed E-state index contributed by atoms with van der Waals surface area (Å²) in [6.07, 6.45) is 5.85. The molecule has 1 aromatic carbocycles. The quantitative estimate of drug-likeness (QED) is 0.0232. The Labute approximate surface area is 490 Å². The molecule has 0 radical (unpaired) electrons. The number of nitrogens with two attached hydrogens (primary N) is 1. The first-order valence-electron chi connectivity index (χ1n) is 28.6. The number of carbonyl (C=O) groups excluding carboxylic acids is 4. The van der Waals surface area contributed by atoms with Gasteiger partial charge in [-0.25, -0.2) is 19.6 Å². The van der Waals surface area contributed by atoms with E-state index in [-0.39, 0.29) is 68.3 Å². The van der Waals surface area contributed by atoms with Crippen LogP contribution in [0.25, 0.3) is 33.0 Å². The van der Waals surface area contributed by atoms with Gasteiger partial charge in [0.1, 0.15) is 34.2 Å². The Morgan fingerprint density at radius 1 is 0.843 bits per heavy atom. The van der Waals surface area contributed by atoms with E-state index in [0.29, 0.717) is 120 Å². The van der Waals surface area contributed by atoms with E-state index in [9.17, 15) is 29.4 Å². The van der Waals surface area contributed by atoms with E-state index < -0.39 is 29.1 Å². The van der Waals surface area contributed by atoms with Crippen LogP contribution < -0.4 is 21.1 Å². The number of anilines is 1. The summed E-state index contributed by atoms with van der Waals surface area (Å²) in [5, 5.41) is 34.3. The lowest BCUT2D eigenvalue weighted by Gasteiger charge is -2.34. The van der Waals surface area contributed by atoms with Crippen molar-refractivity contribution in [1.29, 1.82) is 0 Å². The number of nitrogens with one attached hydrogen (secondary N) is 2. The summed E-state index contributed by atoms with van der Waals surface area (Å²) >= 11 is 1.57. The van der Waals surface area contributed by atoms with Crippen LogP contribution in [0.15, 0.2) is 40.6 Å². The van der Waals surface area contributed by atoms with Crippen LogP contribution in [0, 0.1) is 30.1 Å². The van der Waals surface area contributed by atoms with Gasteiger partial charge in [-0.3, -0.25) is 19.2 Å². The zero-order valence-corrected chi connectivity index (χ0v) is 50.0. The zero-order chi connectivity index (χ0) is 59.8. The number of aliphatic hydroxyl groups excluding tert-OH is 1. The maximum Gasteiger partial charge on any atom is 0.243 e. The topological polar surface area (TPSA) is 300 Å². The Bertz CT molecular complexity index is 2900. The van der Waals surface area contributed by atoms with E-state index in [4.69, 9.17) is 43.8 Å². The molecule has 6 N–H and O–H groups in total. The van der Waals surface area contributed by atoms with E-state index in [1.165, 1.54) is 4.90 Å². The smallest absolute Gasteiger partial charge is 0.243 e. The van der Waals surface area contributed by atoms with Crippen LogP contribution >= 0.6 is 11.3 Å². The number of β-amino-alcohol motifs (C(OH)–C–C–N with tert-alkyl or cyclic N) is 1. The van der Waals surface area contributed by atoms with Gasteiger partial charge in [-0.1, -0.05) is 70.2 Å². The molecular formula is C59H84N10O13S. The minimum atomic E-state index is -1.22. The highest BCUT2D eigenvalue weighted by Crippen LogP contribution is 2.35. The number of unbranched alkanes of at least 4 members (excludes halogenated alkanes) is 4. The fraction of sp³-hybridized carbons (Fsp3) is 0.610. The Hall–Kier alpha value is -6.43.